The van der Waals surface area contributed by atoms with E-state index in [-0.39, 0.29) is 6.54 Å². The Kier molecular flexibility index (Phi) is 3.23. The van der Waals surface area contributed by atoms with Crippen molar-refractivity contribution in [1.82, 2.24) is 4.31 Å². The van der Waals surface area contributed by atoms with Gasteiger partial charge in [0.05, 0.1) is 4.90 Å². The summed E-state index contributed by atoms with van der Waals surface area (Å²) >= 11 is 3.31. The molecule has 0 radical (unpaired) electrons. The van der Waals surface area contributed by atoms with Crippen molar-refractivity contribution in [2.45, 2.75) is 30.8 Å². The lowest BCUT2D eigenvalue weighted by atomic mass is 10.1. The van der Waals surface area contributed by atoms with Gasteiger partial charge >= 0.3 is 5.97 Å². The predicted molar refractivity (Wildman–Crippen MR) is 72.5 cm³/mol. The smallest absolute Gasteiger partial charge is 0.325 e. The Balaban J connectivity index is 2.49. The molecule has 1 aromatic rings. The number of carboxylic acid groups (broad SMARTS) is 1. The number of nitrogens with zero attached hydrogens (tertiary/aromatic N) is 1. The normalized spacial score (nSPS) is 20.5. The molecule has 0 aromatic heterocycles. The van der Waals surface area contributed by atoms with Crippen LogP contribution in [0.3, 0.4) is 0 Å². The molecule has 3 N–H and O–H groups in total. The van der Waals surface area contributed by atoms with Crippen LogP contribution < -0.4 is 0 Å². The molecule has 1 heterocycles. The summed E-state index contributed by atoms with van der Waals surface area (Å²) in [6.07, 6.45) is 0. The summed E-state index contributed by atoms with van der Waals surface area (Å²) in [5.74, 6) is -1.09. The molecule has 0 atom stereocenters. The van der Waals surface area contributed by atoms with Gasteiger partial charge in [0.15, 0.2) is 0 Å². The SMILES string of the molecule is CC(C)(C(=O)O)N1Cc2cc(Br)ccc2S1(O)O. The van der Waals surface area contributed by atoms with Crippen molar-refractivity contribution in [3.63, 3.8) is 0 Å². The van der Waals surface area contributed by atoms with Crippen molar-refractivity contribution in [2.24, 2.45) is 0 Å². The van der Waals surface area contributed by atoms with Crippen LogP contribution in [-0.2, 0) is 11.3 Å². The highest BCUT2D eigenvalue weighted by molar-refractivity contribution is 9.10. The summed E-state index contributed by atoms with van der Waals surface area (Å²) in [5.41, 5.74) is -0.608. The number of rotatable bonds is 2. The molecule has 18 heavy (non-hydrogen) atoms. The summed E-state index contributed by atoms with van der Waals surface area (Å²) in [6.45, 7) is 3.13. The van der Waals surface area contributed by atoms with Gasteiger partial charge in [-0.05, 0) is 37.6 Å². The average molecular weight is 336 g/mol. The van der Waals surface area contributed by atoms with Crippen molar-refractivity contribution >= 4 is 32.7 Å². The zero-order chi connectivity index (χ0) is 13.7. The summed E-state index contributed by atoms with van der Waals surface area (Å²) in [4.78, 5) is 11.7. The molecule has 0 saturated heterocycles. The van der Waals surface area contributed by atoms with E-state index in [0.717, 1.165) is 10.0 Å². The Morgan fingerprint density at radius 2 is 2.06 bits per heavy atom. The second kappa shape index (κ2) is 4.21. The van der Waals surface area contributed by atoms with Crippen LogP contribution >= 0.6 is 26.7 Å². The maximum atomic E-state index is 11.3. The lowest BCUT2D eigenvalue weighted by Gasteiger charge is -2.44. The highest BCUT2D eigenvalue weighted by Crippen LogP contribution is 2.61. The monoisotopic (exact) mass is 335 g/mol. The molecule has 0 saturated carbocycles. The van der Waals surface area contributed by atoms with Gasteiger partial charge in [0.2, 0.25) is 0 Å². The van der Waals surface area contributed by atoms with Crippen molar-refractivity contribution < 1.29 is 19.0 Å². The third-order valence-electron chi connectivity index (χ3n) is 3.09. The van der Waals surface area contributed by atoms with Gasteiger partial charge in [-0.2, -0.15) is 4.31 Å². The van der Waals surface area contributed by atoms with E-state index in [2.05, 4.69) is 15.9 Å². The first-order valence-corrected chi connectivity index (χ1v) is 7.55. The zero-order valence-electron chi connectivity index (χ0n) is 9.92. The fourth-order valence-corrected chi connectivity index (χ4v) is 4.33. The van der Waals surface area contributed by atoms with Crippen LogP contribution in [0.1, 0.15) is 19.4 Å². The van der Waals surface area contributed by atoms with Gasteiger partial charge in [0.1, 0.15) is 5.54 Å². The largest absolute Gasteiger partial charge is 0.480 e. The third-order valence-corrected chi connectivity index (χ3v) is 5.77. The standard InChI is InChI=1S/C11H14BrNO4S/c1-11(2,10(14)15)13-6-7-5-8(12)3-4-9(7)18(13,16)17/h3-5,16-17H,6H2,1-2H3,(H,14,15). The molecule has 0 unspecified atom stereocenters. The van der Waals surface area contributed by atoms with E-state index < -0.39 is 22.3 Å². The Morgan fingerprint density at radius 3 is 2.61 bits per heavy atom. The van der Waals surface area contributed by atoms with Crippen LogP contribution in [0.5, 0.6) is 0 Å². The number of halogens is 1. The fourth-order valence-electron chi connectivity index (χ4n) is 1.92. The second-order valence-corrected chi connectivity index (χ2v) is 7.51. The number of hydrogen-bond acceptors (Lipinski definition) is 4. The molecule has 0 fully saturated rings. The Morgan fingerprint density at radius 1 is 1.44 bits per heavy atom. The van der Waals surface area contributed by atoms with E-state index in [1.54, 1.807) is 18.2 Å². The topological polar surface area (TPSA) is 81.0 Å². The minimum atomic E-state index is -3.23. The van der Waals surface area contributed by atoms with Crippen molar-refractivity contribution in [2.75, 3.05) is 0 Å². The van der Waals surface area contributed by atoms with E-state index >= 15 is 0 Å². The third kappa shape index (κ3) is 1.96. The Hall–Kier alpha value is -0.600. The summed E-state index contributed by atoms with van der Waals surface area (Å²) in [7, 11) is -3.23. The van der Waals surface area contributed by atoms with Crippen LogP contribution in [0.4, 0.5) is 0 Å². The molecule has 1 aliphatic rings. The van der Waals surface area contributed by atoms with E-state index in [9.17, 15) is 19.0 Å². The van der Waals surface area contributed by atoms with E-state index in [1.165, 1.54) is 18.2 Å². The van der Waals surface area contributed by atoms with Gasteiger partial charge in [-0.3, -0.25) is 13.9 Å². The van der Waals surface area contributed by atoms with E-state index in [0.29, 0.717) is 4.90 Å². The van der Waals surface area contributed by atoms with Gasteiger partial charge in [0, 0.05) is 11.0 Å². The van der Waals surface area contributed by atoms with E-state index in [1.807, 2.05) is 0 Å². The maximum absolute atomic E-state index is 11.3. The van der Waals surface area contributed by atoms with Gasteiger partial charge in [0.25, 0.3) is 0 Å². The predicted octanol–water partition coefficient (Wildman–Crippen LogP) is 3.15. The van der Waals surface area contributed by atoms with Crippen LogP contribution in [0, 0.1) is 0 Å². The summed E-state index contributed by atoms with van der Waals surface area (Å²) in [6, 6.07) is 5.11. The average Bonchev–Trinajstić information content (AvgIpc) is 2.50. The van der Waals surface area contributed by atoms with Crippen LogP contribution in [0.2, 0.25) is 0 Å². The maximum Gasteiger partial charge on any atom is 0.325 e. The number of aliphatic carboxylic acids is 1. The Bertz CT molecular complexity index is 518. The van der Waals surface area contributed by atoms with E-state index in [4.69, 9.17) is 0 Å². The van der Waals surface area contributed by atoms with Crippen LogP contribution in [0.15, 0.2) is 27.6 Å². The van der Waals surface area contributed by atoms with Crippen molar-refractivity contribution in [1.29, 1.82) is 0 Å². The first-order chi connectivity index (χ1) is 8.17. The molecule has 100 valence electrons. The zero-order valence-corrected chi connectivity index (χ0v) is 12.3. The molecule has 2 rings (SSSR count). The lowest BCUT2D eigenvalue weighted by Crippen LogP contribution is -2.48. The lowest BCUT2D eigenvalue weighted by molar-refractivity contribution is -0.146. The molecular weight excluding hydrogens is 322 g/mol. The van der Waals surface area contributed by atoms with Crippen molar-refractivity contribution in [3.8, 4) is 0 Å². The quantitative estimate of drug-likeness (QED) is 0.773. The van der Waals surface area contributed by atoms with Gasteiger partial charge < -0.3 is 5.11 Å². The molecule has 0 bridgehead atoms. The second-order valence-electron chi connectivity index (χ2n) is 4.67. The minimum Gasteiger partial charge on any atom is -0.480 e. The number of carbonyl (C=O) groups is 1. The highest BCUT2D eigenvalue weighted by atomic mass is 79.9. The highest BCUT2D eigenvalue weighted by Gasteiger charge is 2.47. The Labute approximate surface area is 115 Å². The molecule has 0 aliphatic carbocycles. The molecular formula is C11H14BrNO4S. The number of carboxylic acids is 1. The number of fused-ring (bicyclic) bond motifs is 1. The van der Waals surface area contributed by atoms with Crippen LogP contribution in [0.25, 0.3) is 0 Å². The molecule has 5 nitrogen and oxygen atoms in total. The fraction of sp³-hybridized carbons (Fsp3) is 0.364. The first kappa shape index (κ1) is 13.8. The summed E-state index contributed by atoms with van der Waals surface area (Å²) in [5, 5.41) is 9.21. The molecule has 0 spiro atoms. The number of benzene rings is 1. The first-order valence-electron chi connectivity index (χ1n) is 5.25. The molecule has 0 amide bonds. The summed E-state index contributed by atoms with van der Waals surface area (Å²) < 4.78 is 22.6. The molecule has 7 heteroatoms. The van der Waals surface area contributed by atoms with Crippen LogP contribution in [-0.4, -0.2) is 30.0 Å². The van der Waals surface area contributed by atoms with Crippen molar-refractivity contribution in [3.05, 3.63) is 28.2 Å². The number of hydrogen-bond donors (Lipinski definition) is 3. The minimum absolute atomic E-state index is 0.205. The van der Waals surface area contributed by atoms with Gasteiger partial charge in [-0.25, -0.2) is 0 Å². The molecule has 1 aromatic carbocycles. The van der Waals surface area contributed by atoms with Gasteiger partial charge in [-0.15, -0.1) is 10.8 Å². The molecule has 1 aliphatic heterocycles. The van der Waals surface area contributed by atoms with Gasteiger partial charge in [-0.1, -0.05) is 15.9 Å².